The van der Waals surface area contributed by atoms with Gasteiger partial charge in [-0.15, -0.1) is 0 Å². The van der Waals surface area contributed by atoms with Gasteiger partial charge in [-0.3, -0.25) is 0 Å². The molecule has 0 fully saturated rings. The van der Waals surface area contributed by atoms with Crippen molar-refractivity contribution in [2.75, 3.05) is 13.2 Å². The fraction of sp³-hybridized carbons (Fsp3) is 0.625. The van der Waals surface area contributed by atoms with Crippen LogP contribution in [-0.2, 0) is 0 Å². The zero-order valence-corrected chi connectivity index (χ0v) is 23.2. The predicted octanol–water partition coefficient (Wildman–Crippen LogP) is 10.0. The molecule has 1 aromatic heterocycles. The van der Waals surface area contributed by atoms with Crippen LogP contribution in [0.2, 0.25) is 0 Å². The Kier molecular flexibility index (Phi) is 12.8. The van der Waals surface area contributed by atoms with Crippen LogP contribution in [0.5, 0.6) is 23.0 Å². The number of fused-ring (bicyclic) bond motifs is 3. The van der Waals surface area contributed by atoms with Crippen LogP contribution in [0.15, 0.2) is 28.7 Å². The van der Waals surface area contributed by atoms with E-state index >= 15 is 0 Å². The maximum Gasteiger partial charge on any atom is 0.164 e. The Bertz CT molecular complexity index is 972. The number of furan rings is 1. The van der Waals surface area contributed by atoms with Gasteiger partial charge in [-0.2, -0.15) is 0 Å². The van der Waals surface area contributed by atoms with Gasteiger partial charge >= 0.3 is 0 Å². The molecule has 0 atom stereocenters. The molecule has 37 heavy (non-hydrogen) atoms. The first kappa shape index (κ1) is 29.0. The smallest absolute Gasteiger partial charge is 0.164 e. The van der Waals surface area contributed by atoms with Crippen molar-refractivity contribution in [3.8, 4) is 23.0 Å². The molecular weight excluding hydrogens is 464 g/mol. The average Bonchev–Trinajstić information content (AvgIpc) is 3.22. The molecule has 3 aromatic rings. The topological polar surface area (TPSA) is 72.1 Å². The number of hydrogen-bond acceptors (Lipinski definition) is 5. The van der Waals surface area contributed by atoms with Crippen molar-refractivity contribution in [1.29, 1.82) is 0 Å². The molecule has 0 aliphatic carbocycles. The quantitative estimate of drug-likeness (QED) is 0.147. The van der Waals surface area contributed by atoms with Gasteiger partial charge in [0.05, 0.1) is 13.2 Å². The van der Waals surface area contributed by atoms with E-state index in [-0.39, 0.29) is 11.5 Å². The standard InChI is InChI=1S/C32H48O5/c1-3-5-7-9-11-13-15-17-19-35-31-23-29-25(21-27(31)33)26-22-28(34)32(24-30(26)37-29)36-20-18-16-14-12-10-8-6-4-2/h21-24,33-34H,3-20H2,1-2H3. The lowest BCUT2D eigenvalue weighted by Gasteiger charge is -2.08. The van der Waals surface area contributed by atoms with Crippen LogP contribution < -0.4 is 9.47 Å². The molecule has 5 nitrogen and oxygen atoms in total. The summed E-state index contributed by atoms with van der Waals surface area (Å²) in [4.78, 5) is 0. The van der Waals surface area contributed by atoms with Gasteiger partial charge in [0.25, 0.3) is 0 Å². The molecule has 1 heterocycles. The molecule has 2 aromatic carbocycles. The second-order valence-electron chi connectivity index (χ2n) is 10.4. The van der Waals surface area contributed by atoms with Crippen LogP contribution in [0.4, 0.5) is 0 Å². The molecular formula is C32H48O5. The Labute approximate surface area is 223 Å². The van der Waals surface area contributed by atoms with Crippen molar-refractivity contribution in [3.63, 3.8) is 0 Å². The highest BCUT2D eigenvalue weighted by molar-refractivity contribution is 6.07. The van der Waals surface area contributed by atoms with E-state index in [9.17, 15) is 10.2 Å². The summed E-state index contributed by atoms with van der Waals surface area (Å²) in [6.45, 7) is 5.63. The Morgan fingerprint density at radius 2 is 0.865 bits per heavy atom. The minimum atomic E-state index is 0.0873. The molecule has 206 valence electrons. The van der Waals surface area contributed by atoms with E-state index in [1.807, 2.05) is 0 Å². The largest absolute Gasteiger partial charge is 0.504 e. The Morgan fingerprint density at radius 3 is 1.24 bits per heavy atom. The molecule has 0 spiro atoms. The molecule has 0 saturated carbocycles. The van der Waals surface area contributed by atoms with Crippen molar-refractivity contribution >= 4 is 21.9 Å². The highest BCUT2D eigenvalue weighted by Gasteiger charge is 2.15. The molecule has 0 amide bonds. The van der Waals surface area contributed by atoms with Crippen LogP contribution in [0.25, 0.3) is 21.9 Å². The Balaban J connectivity index is 1.48. The number of aromatic hydroxyl groups is 2. The van der Waals surface area contributed by atoms with Crippen molar-refractivity contribution < 1.29 is 24.1 Å². The van der Waals surface area contributed by atoms with Gasteiger partial charge in [0.15, 0.2) is 23.0 Å². The zero-order valence-electron chi connectivity index (χ0n) is 23.2. The van der Waals surface area contributed by atoms with Crippen molar-refractivity contribution in [2.24, 2.45) is 0 Å². The van der Waals surface area contributed by atoms with Gasteiger partial charge in [-0.05, 0) is 25.0 Å². The van der Waals surface area contributed by atoms with Crippen molar-refractivity contribution in [3.05, 3.63) is 24.3 Å². The van der Waals surface area contributed by atoms with E-state index in [2.05, 4.69) is 13.8 Å². The van der Waals surface area contributed by atoms with Crippen LogP contribution in [-0.4, -0.2) is 23.4 Å². The zero-order chi connectivity index (χ0) is 26.3. The number of hydrogen-bond donors (Lipinski definition) is 2. The van der Waals surface area contributed by atoms with Gasteiger partial charge in [-0.1, -0.05) is 104 Å². The molecule has 0 radical (unpaired) electrons. The minimum Gasteiger partial charge on any atom is -0.504 e. The summed E-state index contributed by atoms with van der Waals surface area (Å²) < 4.78 is 17.8. The van der Waals surface area contributed by atoms with Crippen LogP contribution in [0, 0.1) is 0 Å². The number of ether oxygens (including phenoxy) is 2. The fourth-order valence-electron chi connectivity index (χ4n) is 4.88. The molecule has 0 bridgehead atoms. The molecule has 0 aliphatic rings. The lowest BCUT2D eigenvalue weighted by molar-refractivity contribution is 0.288. The molecule has 0 saturated heterocycles. The summed E-state index contributed by atoms with van der Waals surface area (Å²) in [5, 5.41) is 22.5. The minimum absolute atomic E-state index is 0.0873. The van der Waals surface area contributed by atoms with Gasteiger partial charge in [-0.25, -0.2) is 0 Å². The Hall–Kier alpha value is -2.56. The first-order valence-electron chi connectivity index (χ1n) is 14.8. The fourth-order valence-corrected chi connectivity index (χ4v) is 4.88. The van der Waals surface area contributed by atoms with Crippen LogP contribution in [0.3, 0.4) is 0 Å². The van der Waals surface area contributed by atoms with E-state index in [0.717, 1.165) is 36.5 Å². The lowest BCUT2D eigenvalue weighted by Crippen LogP contribution is -1.97. The third-order valence-electron chi connectivity index (χ3n) is 7.14. The van der Waals surface area contributed by atoms with E-state index in [0.29, 0.717) is 35.9 Å². The summed E-state index contributed by atoms with van der Waals surface area (Å²) in [5.41, 5.74) is 1.25. The Morgan fingerprint density at radius 1 is 0.514 bits per heavy atom. The molecule has 5 heteroatoms. The SMILES string of the molecule is CCCCCCCCCCOc1cc2oc3cc(OCCCCCCCCCC)c(O)cc3c2cc1O. The second-order valence-corrected chi connectivity index (χ2v) is 10.4. The third-order valence-corrected chi connectivity index (χ3v) is 7.14. The maximum atomic E-state index is 10.5. The first-order chi connectivity index (χ1) is 18.1. The van der Waals surface area contributed by atoms with Gasteiger partial charge < -0.3 is 24.1 Å². The van der Waals surface area contributed by atoms with E-state index in [1.54, 1.807) is 24.3 Å². The summed E-state index contributed by atoms with van der Waals surface area (Å²) in [6, 6.07) is 6.80. The van der Waals surface area contributed by atoms with Gasteiger partial charge in [0, 0.05) is 22.9 Å². The van der Waals surface area contributed by atoms with E-state index in [1.165, 1.54) is 77.0 Å². The van der Waals surface area contributed by atoms with Crippen molar-refractivity contribution in [2.45, 2.75) is 117 Å². The molecule has 0 aliphatic heterocycles. The van der Waals surface area contributed by atoms with Gasteiger partial charge in [0.1, 0.15) is 11.2 Å². The average molecular weight is 513 g/mol. The summed E-state index contributed by atoms with van der Waals surface area (Å²) in [6.07, 6.45) is 19.8. The number of phenolic OH excluding ortho intramolecular Hbond substituents is 2. The maximum absolute atomic E-state index is 10.5. The highest BCUT2D eigenvalue weighted by atomic mass is 16.5. The van der Waals surface area contributed by atoms with Crippen molar-refractivity contribution in [1.82, 2.24) is 0 Å². The predicted molar refractivity (Wildman–Crippen MR) is 153 cm³/mol. The normalized spacial score (nSPS) is 11.5. The second kappa shape index (κ2) is 16.3. The number of rotatable bonds is 20. The molecule has 2 N–H and O–H groups in total. The molecule has 3 rings (SSSR count). The van der Waals surface area contributed by atoms with E-state index < -0.39 is 0 Å². The molecule has 0 unspecified atom stereocenters. The van der Waals surface area contributed by atoms with E-state index in [4.69, 9.17) is 13.9 Å². The number of phenols is 2. The number of unbranched alkanes of at least 4 members (excludes halogenated alkanes) is 14. The summed E-state index contributed by atoms with van der Waals surface area (Å²) >= 11 is 0. The van der Waals surface area contributed by atoms with Gasteiger partial charge in [0.2, 0.25) is 0 Å². The third kappa shape index (κ3) is 9.36. The monoisotopic (exact) mass is 512 g/mol. The lowest BCUT2D eigenvalue weighted by atomic mass is 10.1. The van der Waals surface area contributed by atoms with Crippen LogP contribution in [0.1, 0.15) is 117 Å². The van der Waals surface area contributed by atoms with Crippen LogP contribution >= 0.6 is 0 Å². The first-order valence-corrected chi connectivity index (χ1v) is 14.8. The highest BCUT2D eigenvalue weighted by Crippen LogP contribution is 2.41. The summed E-state index contributed by atoms with van der Waals surface area (Å²) in [5.74, 6) is 1.04. The number of benzene rings is 2. The summed E-state index contributed by atoms with van der Waals surface area (Å²) in [7, 11) is 0.